The fourth-order valence-electron chi connectivity index (χ4n) is 3.19. The van der Waals surface area contributed by atoms with Crippen LogP contribution in [0.3, 0.4) is 0 Å². The molecule has 0 aromatic heterocycles. The average molecular weight is 409 g/mol. The maximum absolute atomic E-state index is 13.4. The summed E-state index contributed by atoms with van der Waals surface area (Å²) >= 11 is 6.03. The molecule has 1 fully saturated rings. The number of methoxy groups -OCH3 is 1. The summed E-state index contributed by atoms with van der Waals surface area (Å²) < 4.78 is 31.8. The van der Waals surface area contributed by atoms with Crippen LogP contribution < -0.4 is 15.0 Å². The van der Waals surface area contributed by atoms with Crippen molar-refractivity contribution in [2.45, 2.75) is 19.4 Å². The van der Waals surface area contributed by atoms with Crippen LogP contribution >= 0.6 is 11.6 Å². The van der Waals surface area contributed by atoms with E-state index in [-0.39, 0.29) is 24.8 Å². The van der Waals surface area contributed by atoms with Gasteiger partial charge in [-0.1, -0.05) is 17.7 Å². The van der Waals surface area contributed by atoms with Gasteiger partial charge in [-0.25, -0.2) is 8.78 Å². The van der Waals surface area contributed by atoms with Crippen LogP contribution in [0, 0.1) is 17.6 Å². The molecule has 1 heterocycles. The quantitative estimate of drug-likeness (QED) is 0.817. The molecule has 2 amide bonds. The number of nitrogens with zero attached hydrogens (tertiary/aromatic N) is 1. The third-order valence-electron chi connectivity index (χ3n) is 4.73. The minimum atomic E-state index is -0.978. The zero-order valence-electron chi connectivity index (χ0n) is 15.3. The lowest BCUT2D eigenvalue weighted by Crippen LogP contribution is -2.34. The standard InChI is InChI=1S/C20H19ClF2N2O3/c1-11(12-3-5-15(22)16(23)7-12)24-20(27)13-8-19(26)25(10-13)17-9-14(21)4-6-18(17)28-2/h3-7,9,11,13H,8,10H2,1-2H3,(H,24,27). The van der Waals surface area contributed by atoms with Gasteiger partial charge in [-0.15, -0.1) is 0 Å². The highest BCUT2D eigenvalue weighted by Crippen LogP contribution is 2.35. The van der Waals surface area contributed by atoms with Crippen molar-refractivity contribution in [2.75, 3.05) is 18.6 Å². The highest BCUT2D eigenvalue weighted by Gasteiger charge is 2.36. The van der Waals surface area contributed by atoms with Crippen molar-refractivity contribution in [3.8, 4) is 5.75 Å². The molecule has 0 aliphatic carbocycles. The van der Waals surface area contributed by atoms with Crippen molar-refractivity contribution < 1.29 is 23.1 Å². The van der Waals surface area contributed by atoms with Gasteiger partial charge >= 0.3 is 0 Å². The first kappa shape index (κ1) is 20.1. The number of ether oxygens (including phenoxy) is 1. The van der Waals surface area contributed by atoms with E-state index in [1.54, 1.807) is 25.1 Å². The predicted molar refractivity (Wildman–Crippen MR) is 101 cm³/mol. The Kier molecular flexibility index (Phi) is 5.84. The van der Waals surface area contributed by atoms with Gasteiger partial charge in [-0.05, 0) is 42.8 Å². The summed E-state index contributed by atoms with van der Waals surface area (Å²) in [4.78, 5) is 26.5. The monoisotopic (exact) mass is 408 g/mol. The number of carbonyl (C=O) groups is 2. The van der Waals surface area contributed by atoms with Crippen molar-refractivity contribution in [3.05, 3.63) is 58.6 Å². The Morgan fingerprint density at radius 1 is 1.25 bits per heavy atom. The third-order valence-corrected chi connectivity index (χ3v) is 4.97. The van der Waals surface area contributed by atoms with Crippen LogP contribution in [0.5, 0.6) is 5.75 Å². The van der Waals surface area contributed by atoms with E-state index in [9.17, 15) is 18.4 Å². The van der Waals surface area contributed by atoms with E-state index in [1.807, 2.05) is 0 Å². The highest BCUT2D eigenvalue weighted by molar-refractivity contribution is 6.31. The van der Waals surface area contributed by atoms with Crippen LogP contribution in [0.15, 0.2) is 36.4 Å². The van der Waals surface area contributed by atoms with Gasteiger partial charge in [0.15, 0.2) is 11.6 Å². The third kappa shape index (κ3) is 4.09. The lowest BCUT2D eigenvalue weighted by atomic mass is 10.0. The SMILES string of the molecule is COc1ccc(Cl)cc1N1CC(C(=O)NC(C)c2ccc(F)c(F)c2)CC1=O. The number of rotatable bonds is 5. The minimum absolute atomic E-state index is 0.0337. The van der Waals surface area contributed by atoms with E-state index < -0.39 is 23.6 Å². The predicted octanol–water partition coefficient (Wildman–Crippen LogP) is 3.86. The van der Waals surface area contributed by atoms with Crippen molar-refractivity contribution in [1.29, 1.82) is 0 Å². The molecule has 0 bridgehead atoms. The van der Waals surface area contributed by atoms with E-state index in [0.29, 0.717) is 22.0 Å². The van der Waals surface area contributed by atoms with Crippen LogP contribution in [0.2, 0.25) is 5.02 Å². The second kappa shape index (κ2) is 8.14. The van der Waals surface area contributed by atoms with Crippen molar-refractivity contribution in [1.82, 2.24) is 5.32 Å². The van der Waals surface area contributed by atoms with E-state index in [4.69, 9.17) is 16.3 Å². The Morgan fingerprint density at radius 3 is 2.68 bits per heavy atom. The van der Waals surface area contributed by atoms with Gasteiger partial charge in [-0.3, -0.25) is 9.59 Å². The highest BCUT2D eigenvalue weighted by atomic mass is 35.5. The largest absolute Gasteiger partial charge is 0.495 e. The van der Waals surface area contributed by atoms with Gasteiger partial charge in [0.25, 0.3) is 0 Å². The average Bonchev–Trinajstić information content (AvgIpc) is 3.05. The van der Waals surface area contributed by atoms with E-state index in [1.165, 1.54) is 18.1 Å². The summed E-state index contributed by atoms with van der Waals surface area (Å²) in [7, 11) is 1.49. The second-order valence-corrected chi connectivity index (χ2v) is 7.06. The molecule has 1 aliphatic heterocycles. The first-order valence-electron chi connectivity index (χ1n) is 8.69. The summed E-state index contributed by atoms with van der Waals surface area (Å²) in [6.07, 6.45) is 0.0337. The number of halogens is 3. The Morgan fingerprint density at radius 2 is 2.00 bits per heavy atom. The smallest absolute Gasteiger partial charge is 0.227 e. The minimum Gasteiger partial charge on any atom is -0.495 e. The number of carbonyl (C=O) groups excluding carboxylic acids is 2. The molecule has 0 spiro atoms. The molecule has 0 radical (unpaired) electrons. The molecule has 8 heteroatoms. The van der Waals surface area contributed by atoms with Crippen LogP contribution in [-0.4, -0.2) is 25.5 Å². The molecule has 5 nitrogen and oxygen atoms in total. The fourth-order valence-corrected chi connectivity index (χ4v) is 3.35. The molecule has 2 aromatic carbocycles. The Balaban J connectivity index is 1.71. The molecule has 1 saturated heterocycles. The Bertz CT molecular complexity index is 922. The van der Waals surface area contributed by atoms with Gasteiger partial charge in [0.05, 0.1) is 24.8 Å². The topological polar surface area (TPSA) is 58.6 Å². The van der Waals surface area contributed by atoms with Crippen LogP contribution in [0.4, 0.5) is 14.5 Å². The summed E-state index contributed by atoms with van der Waals surface area (Å²) in [5.41, 5.74) is 0.939. The van der Waals surface area contributed by atoms with E-state index in [0.717, 1.165) is 12.1 Å². The molecule has 3 rings (SSSR count). The Hall–Kier alpha value is -2.67. The van der Waals surface area contributed by atoms with Crippen LogP contribution in [0.25, 0.3) is 0 Å². The molecule has 148 valence electrons. The van der Waals surface area contributed by atoms with Gasteiger partial charge < -0.3 is 15.0 Å². The van der Waals surface area contributed by atoms with E-state index in [2.05, 4.69) is 5.32 Å². The molecule has 2 unspecified atom stereocenters. The van der Waals surface area contributed by atoms with Crippen LogP contribution in [0.1, 0.15) is 24.9 Å². The maximum atomic E-state index is 13.4. The molecule has 1 aliphatic rings. The van der Waals surface area contributed by atoms with E-state index >= 15 is 0 Å². The first-order valence-corrected chi connectivity index (χ1v) is 9.07. The normalized spacial score (nSPS) is 17.5. The maximum Gasteiger partial charge on any atom is 0.227 e. The molecule has 2 atom stereocenters. The zero-order chi connectivity index (χ0) is 20.4. The van der Waals surface area contributed by atoms with Gasteiger partial charge in [0.1, 0.15) is 5.75 Å². The molecule has 1 N–H and O–H groups in total. The summed E-state index contributed by atoms with van der Waals surface area (Å²) in [6.45, 7) is 1.84. The van der Waals surface area contributed by atoms with Crippen LogP contribution in [-0.2, 0) is 9.59 Å². The summed E-state index contributed by atoms with van der Waals surface area (Å²) in [5.74, 6) is -2.59. The molecule has 2 aromatic rings. The molecule has 0 saturated carbocycles. The molecular formula is C20H19ClF2N2O3. The number of amides is 2. The summed E-state index contributed by atoms with van der Waals surface area (Å²) in [5, 5.41) is 3.20. The van der Waals surface area contributed by atoms with Gasteiger partial charge in [-0.2, -0.15) is 0 Å². The molecule has 28 heavy (non-hydrogen) atoms. The zero-order valence-corrected chi connectivity index (χ0v) is 16.1. The number of anilines is 1. The molecular weight excluding hydrogens is 390 g/mol. The van der Waals surface area contributed by atoms with Crippen molar-refractivity contribution in [2.24, 2.45) is 5.92 Å². The lowest BCUT2D eigenvalue weighted by Gasteiger charge is -2.20. The second-order valence-electron chi connectivity index (χ2n) is 6.63. The number of benzene rings is 2. The number of nitrogens with one attached hydrogen (secondary N) is 1. The van der Waals surface area contributed by atoms with Crippen molar-refractivity contribution >= 4 is 29.1 Å². The fraction of sp³-hybridized carbons (Fsp3) is 0.300. The summed E-state index contributed by atoms with van der Waals surface area (Å²) in [6, 6.07) is 7.85. The lowest BCUT2D eigenvalue weighted by molar-refractivity contribution is -0.126. The van der Waals surface area contributed by atoms with Gasteiger partial charge in [0.2, 0.25) is 11.8 Å². The van der Waals surface area contributed by atoms with Crippen molar-refractivity contribution in [3.63, 3.8) is 0 Å². The first-order chi connectivity index (χ1) is 13.3. The van der Waals surface area contributed by atoms with Gasteiger partial charge in [0, 0.05) is 18.0 Å². The number of hydrogen-bond acceptors (Lipinski definition) is 3. The number of hydrogen-bond donors (Lipinski definition) is 1. The Labute approximate surface area is 166 Å².